The molecule has 2 saturated carbocycles. The Bertz CT molecular complexity index is 513. The van der Waals surface area contributed by atoms with E-state index >= 15 is 0 Å². The SMILES string of the molecule is CN=C(NCCCOCC1CC1)NCC1(c2ccccc2)CC1.I. The highest BCUT2D eigenvalue weighted by Gasteiger charge is 2.43. The Morgan fingerprint density at radius 1 is 1.21 bits per heavy atom. The van der Waals surface area contributed by atoms with Gasteiger partial charge in [-0.2, -0.15) is 0 Å². The molecule has 1 aromatic rings. The zero-order chi connectivity index (χ0) is 16.0. The molecule has 0 amide bonds. The summed E-state index contributed by atoms with van der Waals surface area (Å²) >= 11 is 0. The summed E-state index contributed by atoms with van der Waals surface area (Å²) in [5, 5.41) is 6.87. The topological polar surface area (TPSA) is 45.7 Å². The van der Waals surface area contributed by atoms with Crippen LogP contribution < -0.4 is 10.6 Å². The minimum Gasteiger partial charge on any atom is -0.381 e. The molecule has 2 N–H and O–H groups in total. The number of guanidine groups is 1. The number of rotatable bonds is 9. The summed E-state index contributed by atoms with van der Waals surface area (Å²) in [4.78, 5) is 4.32. The zero-order valence-corrected chi connectivity index (χ0v) is 16.9. The standard InChI is InChI=1S/C19H29N3O.HI/c1-20-18(21-12-5-13-23-14-16-8-9-16)22-15-19(10-11-19)17-6-3-2-4-7-17;/h2-4,6-7,16H,5,8-15H2,1H3,(H2,20,21,22);1H. The number of ether oxygens (including phenoxy) is 1. The Morgan fingerprint density at radius 2 is 1.96 bits per heavy atom. The van der Waals surface area contributed by atoms with E-state index in [4.69, 9.17) is 4.74 Å². The molecule has 0 bridgehead atoms. The molecule has 3 rings (SSSR count). The minimum absolute atomic E-state index is 0. The van der Waals surface area contributed by atoms with Crippen LogP contribution in [0.2, 0.25) is 0 Å². The molecule has 2 aliphatic carbocycles. The van der Waals surface area contributed by atoms with Crippen LogP contribution in [0.15, 0.2) is 35.3 Å². The maximum absolute atomic E-state index is 5.65. The van der Waals surface area contributed by atoms with Crippen molar-refractivity contribution in [2.45, 2.75) is 37.5 Å². The van der Waals surface area contributed by atoms with Crippen molar-refractivity contribution in [3.05, 3.63) is 35.9 Å². The molecule has 0 aromatic heterocycles. The number of benzene rings is 1. The molecule has 4 nitrogen and oxygen atoms in total. The van der Waals surface area contributed by atoms with Crippen LogP contribution in [0.3, 0.4) is 0 Å². The van der Waals surface area contributed by atoms with E-state index in [1.54, 1.807) is 0 Å². The van der Waals surface area contributed by atoms with Crippen LogP contribution in [-0.2, 0) is 10.2 Å². The van der Waals surface area contributed by atoms with Crippen molar-refractivity contribution in [3.8, 4) is 0 Å². The van der Waals surface area contributed by atoms with E-state index in [0.29, 0.717) is 5.41 Å². The Kier molecular flexibility index (Phi) is 7.81. The number of nitrogens with one attached hydrogen (secondary N) is 2. The third-order valence-electron chi connectivity index (χ3n) is 4.87. The normalized spacial score (nSPS) is 18.6. The first-order chi connectivity index (χ1) is 11.3. The van der Waals surface area contributed by atoms with Gasteiger partial charge in [-0.05, 0) is 43.6 Å². The Hall–Kier alpha value is -0.820. The maximum atomic E-state index is 5.65. The summed E-state index contributed by atoms with van der Waals surface area (Å²) in [6.45, 7) is 3.65. The lowest BCUT2D eigenvalue weighted by Gasteiger charge is -2.19. The number of aliphatic imine (C=N–C) groups is 1. The third-order valence-corrected chi connectivity index (χ3v) is 4.87. The third kappa shape index (κ3) is 5.92. The molecule has 2 aliphatic rings. The Balaban J connectivity index is 0.00000208. The first-order valence-corrected chi connectivity index (χ1v) is 8.90. The van der Waals surface area contributed by atoms with E-state index in [0.717, 1.165) is 44.6 Å². The summed E-state index contributed by atoms with van der Waals surface area (Å²) in [7, 11) is 1.83. The molecule has 24 heavy (non-hydrogen) atoms. The molecule has 0 saturated heterocycles. The molecule has 0 radical (unpaired) electrons. The van der Waals surface area contributed by atoms with Crippen molar-refractivity contribution in [2.24, 2.45) is 10.9 Å². The molecule has 1 aromatic carbocycles. The van der Waals surface area contributed by atoms with Crippen molar-refractivity contribution < 1.29 is 4.74 Å². The second-order valence-electron chi connectivity index (χ2n) is 6.87. The van der Waals surface area contributed by atoms with Crippen molar-refractivity contribution in [1.82, 2.24) is 10.6 Å². The lowest BCUT2D eigenvalue weighted by Crippen LogP contribution is -2.41. The van der Waals surface area contributed by atoms with Gasteiger partial charge in [-0.1, -0.05) is 30.3 Å². The average molecular weight is 443 g/mol. The highest BCUT2D eigenvalue weighted by atomic mass is 127. The van der Waals surface area contributed by atoms with Gasteiger partial charge in [0.1, 0.15) is 0 Å². The smallest absolute Gasteiger partial charge is 0.191 e. The van der Waals surface area contributed by atoms with Gasteiger partial charge in [-0.3, -0.25) is 4.99 Å². The molecule has 0 atom stereocenters. The van der Waals surface area contributed by atoms with Gasteiger partial charge in [0.25, 0.3) is 0 Å². The summed E-state index contributed by atoms with van der Waals surface area (Å²) < 4.78 is 5.65. The van der Waals surface area contributed by atoms with Gasteiger partial charge in [0.05, 0.1) is 0 Å². The highest BCUT2D eigenvalue weighted by molar-refractivity contribution is 14.0. The largest absolute Gasteiger partial charge is 0.381 e. The predicted molar refractivity (Wildman–Crippen MR) is 110 cm³/mol. The number of hydrogen-bond donors (Lipinski definition) is 2. The fourth-order valence-electron chi connectivity index (χ4n) is 2.90. The van der Waals surface area contributed by atoms with E-state index in [2.05, 4.69) is 46.0 Å². The quantitative estimate of drug-likeness (QED) is 0.267. The summed E-state index contributed by atoms with van der Waals surface area (Å²) in [6, 6.07) is 10.8. The minimum atomic E-state index is 0. The number of halogens is 1. The van der Waals surface area contributed by atoms with Crippen LogP contribution in [0.25, 0.3) is 0 Å². The van der Waals surface area contributed by atoms with Crippen LogP contribution in [0.4, 0.5) is 0 Å². The predicted octanol–water partition coefficient (Wildman–Crippen LogP) is 3.32. The van der Waals surface area contributed by atoms with Crippen molar-refractivity contribution in [3.63, 3.8) is 0 Å². The van der Waals surface area contributed by atoms with Crippen LogP contribution in [0.1, 0.15) is 37.7 Å². The fourth-order valence-corrected chi connectivity index (χ4v) is 2.90. The number of hydrogen-bond acceptors (Lipinski definition) is 2. The Morgan fingerprint density at radius 3 is 2.58 bits per heavy atom. The van der Waals surface area contributed by atoms with Gasteiger partial charge < -0.3 is 15.4 Å². The monoisotopic (exact) mass is 443 g/mol. The lowest BCUT2D eigenvalue weighted by molar-refractivity contribution is 0.123. The molecule has 134 valence electrons. The Labute approximate surface area is 162 Å². The van der Waals surface area contributed by atoms with Gasteiger partial charge in [-0.25, -0.2) is 0 Å². The first kappa shape index (κ1) is 19.5. The summed E-state index contributed by atoms with van der Waals surface area (Å²) in [5.74, 6) is 1.75. The lowest BCUT2D eigenvalue weighted by atomic mass is 9.96. The van der Waals surface area contributed by atoms with Crippen molar-refractivity contribution >= 4 is 29.9 Å². The van der Waals surface area contributed by atoms with Gasteiger partial charge in [0, 0.05) is 38.8 Å². The van der Waals surface area contributed by atoms with Gasteiger partial charge >= 0.3 is 0 Å². The molecular weight excluding hydrogens is 413 g/mol. The average Bonchev–Trinajstić information content (AvgIpc) is 3.50. The first-order valence-electron chi connectivity index (χ1n) is 8.90. The van der Waals surface area contributed by atoms with Crippen molar-refractivity contribution in [2.75, 3.05) is 33.4 Å². The second kappa shape index (κ2) is 9.61. The van der Waals surface area contributed by atoms with E-state index in [9.17, 15) is 0 Å². The molecular formula is C19H30IN3O. The van der Waals surface area contributed by atoms with Gasteiger partial charge in [0.15, 0.2) is 5.96 Å². The van der Waals surface area contributed by atoms with Gasteiger partial charge in [0.2, 0.25) is 0 Å². The van der Waals surface area contributed by atoms with Crippen LogP contribution in [0, 0.1) is 5.92 Å². The zero-order valence-electron chi connectivity index (χ0n) is 14.6. The molecule has 0 spiro atoms. The maximum Gasteiger partial charge on any atom is 0.191 e. The van der Waals surface area contributed by atoms with E-state index < -0.39 is 0 Å². The highest BCUT2D eigenvalue weighted by Crippen LogP contribution is 2.47. The number of nitrogens with zero attached hydrogens (tertiary/aromatic N) is 1. The van der Waals surface area contributed by atoms with Crippen molar-refractivity contribution in [1.29, 1.82) is 0 Å². The molecule has 0 aliphatic heterocycles. The van der Waals surface area contributed by atoms with Gasteiger partial charge in [-0.15, -0.1) is 24.0 Å². The van der Waals surface area contributed by atoms with E-state index in [1.807, 2.05) is 7.05 Å². The van der Waals surface area contributed by atoms with Crippen LogP contribution in [0.5, 0.6) is 0 Å². The fraction of sp³-hybridized carbons (Fsp3) is 0.632. The molecule has 5 heteroatoms. The second-order valence-corrected chi connectivity index (χ2v) is 6.87. The summed E-state index contributed by atoms with van der Waals surface area (Å²) in [6.07, 6.45) is 6.26. The van der Waals surface area contributed by atoms with Crippen LogP contribution in [-0.4, -0.2) is 39.3 Å². The molecule has 0 heterocycles. The summed E-state index contributed by atoms with van der Waals surface area (Å²) in [5.41, 5.74) is 1.75. The molecule has 2 fully saturated rings. The van der Waals surface area contributed by atoms with E-state index in [1.165, 1.54) is 31.2 Å². The molecule has 0 unspecified atom stereocenters. The van der Waals surface area contributed by atoms with E-state index in [-0.39, 0.29) is 24.0 Å². The van der Waals surface area contributed by atoms with Crippen LogP contribution >= 0.6 is 24.0 Å².